The minimum Gasteiger partial charge on any atom is -0.443 e. The van der Waals surface area contributed by atoms with Crippen LogP contribution < -0.4 is 0 Å². The lowest BCUT2D eigenvalue weighted by Crippen LogP contribution is -2.08. The van der Waals surface area contributed by atoms with E-state index in [0.29, 0.717) is 34.6 Å². The van der Waals surface area contributed by atoms with E-state index in [1.165, 1.54) is 6.39 Å². The third-order valence-corrected chi connectivity index (χ3v) is 5.47. The average Bonchev–Trinajstić information content (AvgIpc) is 3.57. The molecule has 0 amide bonds. The summed E-state index contributed by atoms with van der Waals surface area (Å²) < 4.78 is 11.6. The van der Waals surface area contributed by atoms with Crippen LogP contribution in [0.15, 0.2) is 82.7 Å². The molecule has 5 rings (SSSR count). The molecule has 8 nitrogen and oxygen atoms in total. The van der Waals surface area contributed by atoms with Crippen molar-refractivity contribution < 1.29 is 8.83 Å². The number of aryl methyl sites for hydroxylation is 1. The molecule has 0 saturated heterocycles. The largest absolute Gasteiger partial charge is 0.443 e. The molecular formula is C26H22N6O2. The molecule has 3 heterocycles. The molecule has 34 heavy (non-hydrogen) atoms. The maximum Gasteiger partial charge on any atom is 0.268 e. The van der Waals surface area contributed by atoms with Crippen molar-refractivity contribution in [2.45, 2.75) is 6.92 Å². The van der Waals surface area contributed by atoms with Gasteiger partial charge in [0.2, 0.25) is 5.89 Å². The molecule has 0 aliphatic heterocycles. The van der Waals surface area contributed by atoms with Crippen molar-refractivity contribution >= 4 is 5.70 Å². The van der Waals surface area contributed by atoms with Crippen molar-refractivity contribution in [3.05, 3.63) is 85.2 Å². The molecule has 5 aromatic rings. The maximum absolute atomic E-state index is 5.94. The van der Waals surface area contributed by atoms with Crippen LogP contribution in [-0.4, -0.2) is 44.1 Å². The van der Waals surface area contributed by atoms with Crippen molar-refractivity contribution in [2.75, 3.05) is 14.1 Å². The first-order valence-corrected chi connectivity index (χ1v) is 10.6. The van der Waals surface area contributed by atoms with Crippen LogP contribution in [0.4, 0.5) is 0 Å². The van der Waals surface area contributed by atoms with E-state index >= 15 is 0 Å². The third kappa shape index (κ3) is 3.97. The first-order chi connectivity index (χ1) is 16.5. The highest BCUT2D eigenvalue weighted by molar-refractivity contribution is 5.82. The highest BCUT2D eigenvalue weighted by atomic mass is 16.4. The monoisotopic (exact) mass is 450 g/mol. The molecule has 0 bridgehead atoms. The molecule has 0 aliphatic rings. The van der Waals surface area contributed by atoms with Gasteiger partial charge in [-0.2, -0.15) is 0 Å². The number of benzene rings is 2. The van der Waals surface area contributed by atoms with E-state index in [-0.39, 0.29) is 0 Å². The fourth-order valence-electron chi connectivity index (χ4n) is 3.56. The van der Waals surface area contributed by atoms with E-state index in [0.717, 1.165) is 28.0 Å². The van der Waals surface area contributed by atoms with Gasteiger partial charge in [-0.3, -0.25) is 4.98 Å². The Balaban J connectivity index is 1.60. The topological polar surface area (TPSA) is 94.0 Å². The van der Waals surface area contributed by atoms with Gasteiger partial charge in [0.15, 0.2) is 12.2 Å². The summed E-state index contributed by atoms with van der Waals surface area (Å²) in [5.41, 5.74) is 6.21. The summed E-state index contributed by atoms with van der Waals surface area (Å²) in [6.07, 6.45) is 4.80. The number of aromatic nitrogens is 5. The van der Waals surface area contributed by atoms with Crippen molar-refractivity contribution in [2.24, 2.45) is 0 Å². The summed E-state index contributed by atoms with van der Waals surface area (Å²) >= 11 is 0. The molecule has 0 fully saturated rings. The first kappa shape index (κ1) is 21.3. The zero-order valence-corrected chi connectivity index (χ0v) is 19.1. The van der Waals surface area contributed by atoms with E-state index < -0.39 is 0 Å². The number of oxazole rings is 1. The molecule has 0 N–H and O–H groups in total. The van der Waals surface area contributed by atoms with Crippen LogP contribution in [0.1, 0.15) is 11.3 Å². The second kappa shape index (κ2) is 8.74. The van der Waals surface area contributed by atoms with Crippen LogP contribution in [0, 0.1) is 6.92 Å². The predicted octanol–water partition coefficient (Wildman–Crippen LogP) is 5.36. The molecule has 0 spiro atoms. The Kier molecular flexibility index (Phi) is 5.47. The normalized spacial score (nSPS) is 10.9. The minimum atomic E-state index is 0.310. The van der Waals surface area contributed by atoms with Crippen LogP contribution in [0.2, 0.25) is 0 Å². The average molecular weight is 451 g/mol. The number of rotatable bonds is 6. The Morgan fingerprint density at radius 3 is 2.47 bits per heavy atom. The number of nitrogens with zero attached hydrogens (tertiary/aromatic N) is 6. The van der Waals surface area contributed by atoms with Crippen molar-refractivity contribution in [3.63, 3.8) is 0 Å². The van der Waals surface area contributed by atoms with Crippen LogP contribution in [0.5, 0.6) is 0 Å². The van der Waals surface area contributed by atoms with Gasteiger partial charge in [0.1, 0.15) is 5.69 Å². The zero-order valence-electron chi connectivity index (χ0n) is 19.1. The molecule has 0 unspecified atom stereocenters. The van der Waals surface area contributed by atoms with Gasteiger partial charge in [-0.1, -0.05) is 36.9 Å². The number of hydrogen-bond donors (Lipinski definition) is 0. The lowest BCUT2D eigenvalue weighted by molar-refractivity contribution is 0.572. The van der Waals surface area contributed by atoms with Crippen molar-refractivity contribution in [3.8, 4) is 45.6 Å². The smallest absolute Gasteiger partial charge is 0.268 e. The van der Waals surface area contributed by atoms with Gasteiger partial charge in [0.25, 0.3) is 5.89 Å². The van der Waals surface area contributed by atoms with Gasteiger partial charge < -0.3 is 13.7 Å². The Morgan fingerprint density at radius 2 is 1.74 bits per heavy atom. The Hall–Kier alpha value is -4.59. The Morgan fingerprint density at radius 1 is 0.941 bits per heavy atom. The quantitative estimate of drug-likeness (QED) is 0.341. The van der Waals surface area contributed by atoms with Crippen LogP contribution in [0.25, 0.3) is 51.3 Å². The third-order valence-electron chi connectivity index (χ3n) is 5.47. The predicted molar refractivity (Wildman–Crippen MR) is 129 cm³/mol. The highest BCUT2D eigenvalue weighted by Crippen LogP contribution is 2.35. The number of hydrogen-bond acceptors (Lipinski definition) is 8. The van der Waals surface area contributed by atoms with Crippen molar-refractivity contribution in [1.82, 2.24) is 30.0 Å². The van der Waals surface area contributed by atoms with Crippen LogP contribution in [-0.2, 0) is 0 Å². The van der Waals surface area contributed by atoms with Gasteiger partial charge in [0.05, 0.1) is 23.8 Å². The van der Waals surface area contributed by atoms with Gasteiger partial charge in [-0.25, -0.2) is 9.97 Å². The lowest BCUT2D eigenvalue weighted by atomic mass is 9.98. The van der Waals surface area contributed by atoms with E-state index in [1.807, 2.05) is 74.4 Å². The molecule has 0 aliphatic carbocycles. The Bertz CT molecular complexity index is 1460. The fraction of sp³-hybridized carbons (Fsp3) is 0.115. The van der Waals surface area contributed by atoms with Gasteiger partial charge in [-0.15, -0.1) is 10.2 Å². The summed E-state index contributed by atoms with van der Waals surface area (Å²) in [5.74, 6) is 1.36. The van der Waals surface area contributed by atoms with E-state index in [2.05, 4.69) is 26.7 Å². The fourth-order valence-corrected chi connectivity index (χ4v) is 3.56. The molecule has 8 heteroatoms. The second-order valence-corrected chi connectivity index (χ2v) is 7.93. The van der Waals surface area contributed by atoms with Crippen LogP contribution >= 0.6 is 0 Å². The van der Waals surface area contributed by atoms with Gasteiger partial charge >= 0.3 is 0 Å². The first-order valence-electron chi connectivity index (χ1n) is 10.6. The molecule has 2 aromatic carbocycles. The summed E-state index contributed by atoms with van der Waals surface area (Å²) in [6, 6.07) is 15.6. The van der Waals surface area contributed by atoms with E-state index in [1.54, 1.807) is 12.4 Å². The van der Waals surface area contributed by atoms with Crippen molar-refractivity contribution in [1.29, 1.82) is 0 Å². The molecule has 3 aromatic heterocycles. The van der Waals surface area contributed by atoms with Gasteiger partial charge in [-0.05, 0) is 30.7 Å². The standard InChI is InChI=1S/C26H22N6O2/c1-16-24(26-31-30-25(34-26)18-8-6-5-7-9-18)29-22(13-28-16)20-11-10-19(17(2)32(3)4)12-21(20)23-14-27-15-33-23/h5-15H,2H2,1,3-4H3. The summed E-state index contributed by atoms with van der Waals surface area (Å²) in [4.78, 5) is 15.5. The highest BCUT2D eigenvalue weighted by Gasteiger charge is 2.19. The molecule has 0 radical (unpaired) electrons. The van der Waals surface area contributed by atoms with Gasteiger partial charge in [0, 0.05) is 36.5 Å². The maximum atomic E-state index is 5.94. The Labute approximate surface area is 196 Å². The molecule has 0 saturated carbocycles. The summed E-state index contributed by atoms with van der Waals surface area (Å²) in [5, 5.41) is 8.41. The minimum absolute atomic E-state index is 0.310. The summed E-state index contributed by atoms with van der Waals surface area (Å²) in [7, 11) is 3.91. The van der Waals surface area contributed by atoms with E-state index in [4.69, 9.17) is 13.8 Å². The lowest BCUT2D eigenvalue weighted by Gasteiger charge is -2.17. The second-order valence-electron chi connectivity index (χ2n) is 7.93. The molecule has 168 valence electrons. The van der Waals surface area contributed by atoms with Crippen LogP contribution in [0.3, 0.4) is 0 Å². The SMILES string of the molecule is C=C(c1ccc(-c2cnc(C)c(-c3nnc(-c4ccccc4)o3)n2)c(-c2cnco2)c1)N(C)C. The molecule has 0 atom stereocenters. The summed E-state index contributed by atoms with van der Waals surface area (Å²) in [6.45, 7) is 6.03. The zero-order chi connectivity index (χ0) is 23.7. The van der Waals surface area contributed by atoms with E-state index in [9.17, 15) is 0 Å². The molecular weight excluding hydrogens is 428 g/mol.